The largest absolute Gasteiger partial charge is 0.479 e. The van der Waals surface area contributed by atoms with Gasteiger partial charge in [-0.15, -0.1) is 0 Å². The molecule has 0 aromatic carbocycles. The molecule has 4 N–H and O–H groups in total. The first-order valence-electron chi connectivity index (χ1n) is 5.21. The summed E-state index contributed by atoms with van der Waals surface area (Å²) in [6.07, 6.45) is -1.55. The number of carbonyl (C=O) groups is 2. The van der Waals surface area contributed by atoms with Gasteiger partial charge in [0.1, 0.15) is 0 Å². The zero-order valence-corrected chi connectivity index (χ0v) is 9.71. The van der Waals surface area contributed by atoms with Crippen molar-refractivity contribution < 1.29 is 24.3 Å². The lowest BCUT2D eigenvalue weighted by atomic mass is 10.2. The Morgan fingerprint density at radius 1 is 1.44 bits per heavy atom. The average molecular weight is 258 g/mol. The number of amides is 2. The maximum absolute atomic E-state index is 11.2. The topological polar surface area (TPSA) is 138 Å². The molecule has 0 aliphatic heterocycles. The Kier molecular flexibility index (Phi) is 5.06. The molecule has 0 aliphatic carbocycles. The minimum Gasteiger partial charge on any atom is -0.479 e. The van der Waals surface area contributed by atoms with Crippen molar-refractivity contribution in [3.05, 3.63) is 11.7 Å². The van der Waals surface area contributed by atoms with E-state index < -0.39 is 18.1 Å². The van der Waals surface area contributed by atoms with Crippen LogP contribution in [0.1, 0.15) is 18.1 Å². The summed E-state index contributed by atoms with van der Waals surface area (Å²) in [6.45, 7) is 1.78. The molecular formula is C9H14N4O5. The standard InChI is InChI=1S/C9H14N4O5/c1-5-12-7(13-18-5)4-11-9(17)10-3-2-6(14)8(15)16/h6,14H,2-4H2,1H3,(H,15,16)(H2,10,11,17). The summed E-state index contributed by atoms with van der Waals surface area (Å²) in [5.41, 5.74) is 0. The first-order chi connectivity index (χ1) is 8.49. The molecule has 9 heteroatoms. The number of urea groups is 1. The van der Waals surface area contributed by atoms with E-state index in [1.165, 1.54) is 0 Å². The molecule has 1 heterocycles. The zero-order chi connectivity index (χ0) is 13.5. The van der Waals surface area contributed by atoms with Crippen LogP contribution in [0.15, 0.2) is 4.52 Å². The molecule has 1 unspecified atom stereocenters. The SMILES string of the molecule is Cc1nc(CNC(=O)NCCC(O)C(=O)O)no1. The first-order valence-corrected chi connectivity index (χ1v) is 5.21. The maximum atomic E-state index is 11.2. The molecule has 0 aliphatic rings. The predicted molar refractivity (Wildman–Crippen MR) is 57.5 cm³/mol. The molecule has 1 atom stereocenters. The van der Waals surface area contributed by atoms with Gasteiger partial charge >= 0.3 is 12.0 Å². The minimum absolute atomic E-state index is 0.0462. The summed E-state index contributed by atoms with van der Waals surface area (Å²) in [7, 11) is 0. The molecule has 2 amide bonds. The van der Waals surface area contributed by atoms with Gasteiger partial charge in [-0.05, 0) is 0 Å². The highest BCUT2D eigenvalue weighted by molar-refractivity contribution is 5.74. The molecule has 1 aromatic heterocycles. The van der Waals surface area contributed by atoms with Gasteiger partial charge in [-0.1, -0.05) is 5.16 Å². The highest BCUT2D eigenvalue weighted by Crippen LogP contribution is 1.93. The van der Waals surface area contributed by atoms with Crippen LogP contribution in [0.4, 0.5) is 4.79 Å². The average Bonchev–Trinajstić information content (AvgIpc) is 2.72. The normalized spacial score (nSPS) is 11.9. The van der Waals surface area contributed by atoms with Crippen LogP contribution in [0.5, 0.6) is 0 Å². The van der Waals surface area contributed by atoms with Crippen molar-refractivity contribution in [1.29, 1.82) is 0 Å². The van der Waals surface area contributed by atoms with Gasteiger partial charge in [0.25, 0.3) is 0 Å². The van der Waals surface area contributed by atoms with Crippen molar-refractivity contribution in [3.63, 3.8) is 0 Å². The van der Waals surface area contributed by atoms with Crippen LogP contribution in [-0.2, 0) is 11.3 Å². The van der Waals surface area contributed by atoms with Crippen LogP contribution in [0.2, 0.25) is 0 Å². The number of rotatable bonds is 6. The molecule has 18 heavy (non-hydrogen) atoms. The van der Waals surface area contributed by atoms with E-state index in [2.05, 4.69) is 20.8 Å². The number of hydrogen-bond acceptors (Lipinski definition) is 6. The van der Waals surface area contributed by atoms with E-state index in [1.807, 2.05) is 0 Å². The molecule has 100 valence electrons. The van der Waals surface area contributed by atoms with Crippen molar-refractivity contribution in [1.82, 2.24) is 20.8 Å². The minimum atomic E-state index is -1.48. The van der Waals surface area contributed by atoms with Crippen LogP contribution < -0.4 is 10.6 Å². The van der Waals surface area contributed by atoms with Gasteiger partial charge in [-0.25, -0.2) is 9.59 Å². The lowest BCUT2D eigenvalue weighted by Crippen LogP contribution is -2.37. The molecule has 1 aromatic rings. The number of carboxylic acid groups (broad SMARTS) is 1. The number of aliphatic carboxylic acids is 1. The second kappa shape index (κ2) is 6.55. The predicted octanol–water partition coefficient (Wildman–Crippen LogP) is -0.987. The second-order valence-corrected chi connectivity index (χ2v) is 3.48. The summed E-state index contributed by atoms with van der Waals surface area (Å²) >= 11 is 0. The van der Waals surface area contributed by atoms with E-state index in [1.54, 1.807) is 6.92 Å². The summed E-state index contributed by atoms with van der Waals surface area (Å²) in [6, 6.07) is -0.505. The molecule has 9 nitrogen and oxygen atoms in total. The number of aromatic nitrogens is 2. The van der Waals surface area contributed by atoms with Gasteiger partial charge in [0.2, 0.25) is 5.89 Å². The third kappa shape index (κ3) is 4.78. The quantitative estimate of drug-likeness (QED) is 0.514. The van der Waals surface area contributed by atoms with Gasteiger partial charge < -0.3 is 25.4 Å². The maximum Gasteiger partial charge on any atom is 0.332 e. The summed E-state index contributed by atoms with van der Waals surface area (Å²) < 4.78 is 4.70. The number of aliphatic hydroxyl groups excluding tert-OH is 1. The zero-order valence-electron chi connectivity index (χ0n) is 9.71. The third-order valence-electron chi connectivity index (χ3n) is 1.97. The molecule has 1 rings (SSSR count). The van der Waals surface area contributed by atoms with Crippen LogP contribution in [-0.4, -0.2) is 45.0 Å². The first kappa shape index (κ1) is 13.9. The Hall–Kier alpha value is -2.16. The number of hydrogen-bond donors (Lipinski definition) is 4. The number of nitrogens with zero attached hydrogens (tertiary/aromatic N) is 2. The van der Waals surface area contributed by atoms with Crippen molar-refractivity contribution in [2.45, 2.75) is 26.0 Å². The van der Waals surface area contributed by atoms with Gasteiger partial charge in [0, 0.05) is 19.9 Å². The van der Waals surface area contributed by atoms with E-state index in [0.29, 0.717) is 11.7 Å². The number of carbonyl (C=O) groups excluding carboxylic acids is 1. The molecule has 0 saturated heterocycles. The van der Waals surface area contributed by atoms with E-state index in [4.69, 9.17) is 14.7 Å². The Labute approximate surface area is 102 Å². The smallest absolute Gasteiger partial charge is 0.332 e. The summed E-state index contributed by atoms with van der Waals surface area (Å²) in [5.74, 6) is -0.579. The summed E-state index contributed by atoms with van der Waals surface area (Å²) in [5, 5.41) is 25.8. The Morgan fingerprint density at radius 2 is 2.17 bits per heavy atom. The van der Waals surface area contributed by atoms with Crippen molar-refractivity contribution in [3.8, 4) is 0 Å². The molecule has 0 saturated carbocycles. The molecule has 0 fully saturated rings. The Bertz CT molecular complexity index is 419. The number of aryl methyl sites for hydroxylation is 1. The van der Waals surface area contributed by atoms with E-state index in [-0.39, 0.29) is 19.5 Å². The van der Waals surface area contributed by atoms with Crippen molar-refractivity contribution in [2.24, 2.45) is 0 Å². The fraction of sp³-hybridized carbons (Fsp3) is 0.556. The fourth-order valence-corrected chi connectivity index (χ4v) is 1.08. The molecule has 0 bridgehead atoms. The van der Waals surface area contributed by atoms with E-state index >= 15 is 0 Å². The second-order valence-electron chi connectivity index (χ2n) is 3.48. The number of carboxylic acids is 1. The van der Waals surface area contributed by atoms with E-state index in [0.717, 1.165) is 0 Å². The lowest BCUT2D eigenvalue weighted by molar-refractivity contribution is -0.146. The van der Waals surface area contributed by atoms with Gasteiger partial charge in [-0.2, -0.15) is 4.98 Å². The highest BCUT2D eigenvalue weighted by Gasteiger charge is 2.12. The monoisotopic (exact) mass is 258 g/mol. The fourth-order valence-electron chi connectivity index (χ4n) is 1.08. The van der Waals surface area contributed by atoms with Crippen LogP contribution in [0, 0.1) is 6.92 Å². The Morgan fingerprint density at radius 3 is 2.72 bits per heavy atom. The van der Waals surface area contributed by atoms with Crippen molar-refractivity contribution >= 4 is 12.0 Å². The van der Waals surface area contributed by atoms with Gasteiger partial charge in [0.15, 0.2) is 11.9 Å². The van der Waals surface area contributed by atoms with Crippen LogP contribution in [0.25, 0.3) is 0 Å². The lowest BCUT2D eigenvalue weighted by Gasteiger charge is -2.07. The number of aliphatic hydroxyl groups is 1. The van der Waals surface area contributed by atoms with Crippen molar-refractivity contribution in [2.75, 3.05) is 6.54 Å². The molecule has 0 radical (unpaired) electrons. The summed E-state index contributed by atoms with van der Waals surface area (Å²) in [4.78, 5) is 25.4. The van der Waals surface area contributed by atoms with Crippen LogP contribution in [0.3, 0.4) is 0 Å². The van der Waals surface area contributed by atoms with Gasteiger partial charge in [-0.3, -0.25) is 0 Å². The van der Waals surface area contributed by atoms with Crippen LogP contribution >= 0.6 is 0 Å². The molecule has 0 spiro atoms. The van der Waals surface area contributed by atoms with Gasteiger partial charge in [0.05, 0.1) is 6.54 Å². The third-order valence-corrected chi connectivity index (χ3v) is 1.97. The highest BCUT2D eigenvalue weighted by atomic mass is 16.5. The van der Waals surface area contributed by atoms with E-state index in [9.17, 15) is 9.59 Å². The Balaban J connectivity index is 2.16. The number of nitrogens with one attached hydrogen (secondary N) is 2. The molecular weight excluding hydrogens is 244 g/mol.